The van der Waals surface area contributed by atoms with Gasteiger partial charge in [-0.3, -0.25) is 4.79 Å². The van der Waals surface area contributed by atoms with Crippen LogP contribution in [0.5, 0.6) is 5.75 Å². The molecule has 2 rings (SSSR count). The van der Waals surface area contributed by atoms with E-state index >= 15 is 0 Å². The van der Waals surface area contributed by atoms with Gasteiger partial charge in [-0.05, 0) is 42.7 Å². The molecular formula is C19H22BrNO2S. The number of methoxy groups -OCH3 is 1. The lowest BCUT2D eigenvalue weighted by atomic mass is 10.1. The Balaban J connectivity index is 1.94. The highest BCUT2D eigenvalue weighted by molar-refractivity contribution is 9.10. The Morgan fingerprint density at radius 1 is 1.25 bits per heavy atom. The molecule has 5 heteroatoms. The summed E-state index contributed by atoms with van der Waals surface area (Å²) in [6.07, 6.45) is 0.902. The lowest BCUT2D eigenvalue weighted by Gasteiger charge is -2.13. The molecule has 0 spiro atoms. The van der Waals surface area contributed by atoms with Crippen molar-refractivity contribution in [1.82, 2.24) is 0 Å². The Morgan fingerprint density at radius 2 is 2.04 bits per heavy atom. The first kappa shape index (κ1) is 18.9. The molecule has 0 bridgehead atoms. The number of carbonyl (C=O) groups excluding carboxylic acids is 1. The van der Waals surface area contributed by atoms with E-state index in [0.717, 1.165) is 39.2 Å². The smallest absolute Gasteiger partial charge is 0.234 e. The molecule has 24 heavy (non-hydrogen) atoms. The van der Waals surface area contributed by atoms with Crippen LogP contribution < -0.4 is 10.1 Å². The Bertz CT molecular complexity index is 719. The maximum absolute atomic E-state index is 12.3. The highest BCUT2D eigenvalue weighted by atomic mass is 79.9. The largest absolute Gasteiger partial charge is 0.496 e. The standard InChI is InChI=1S/C19H22BrNO2S/c1-4-14-7-5-6-13(2)19(14)21-18(22)12-24-11-15-10-16(20)8-9-17(15)23-3/h5-10H,4,11-12H2,1-3H3,(H,21,22). The van der Waals surface area contributed by atoms with Crippen LogP contribution in [0.25, 0.3) is 0 Å². The molecule has 2 aromatic rings. The van der Waals surface area contributed by atoms with Crippen molar-refractivity contribution in [2.45, 2.75) is 26.0 Å². The number of hydrogen-bond acceptors (Lipinski definition) is 3. The van der Waals surface area contributed by atoms with Crippen LogP contribution in [0, 0.1) is 6.92 Å². The summed E-state index contributed by atoms with van der Waals surface area (Å²) in [5.74, 6) is 2.01. The third kappa shape index (κ3) is 5.02. The zero-order valence-corrected chi connectivity index (χ0v) is 16.6. The maximum Gasteiger partial charge on any atom is 0.234 e. The number of thioether (sulfide) groups is 1. The van der Waals surface area contributed by atoms with Crippen LogP contribution in [-0.2, 0) is 17.0 Å². The minimum Gasteiger partial charge on any atom is -0.496 e. The molecule has 2 aromatic carbocycles. The van der Waals surface area contributed by atoms with Crippen LogP contribution in [0.15, 0.2) is 40.9 Å². The Labute approximate surface area is 156 Å². The van der Waals surface area contributed by atoms with Gasteiger partial charge in [0.1, 0.15) is 5.75 Å². The molecular weight excluding hydrogens is 386 g/mol. The summed E-state index contributed by atoms with van der Waals surface area (Å²) in [6, 6.07) is 12.0. The summed E-state index contributed by atoms with van der Waals surface area (Å²) >= 11 is 5.05. The minimum atomic E-state index is 0.0259. The summed E-state index contributed by atoms with van der Waals surface area (Å²) in [5.41, 5.74) is 4.30. The fourth-order valence-corrected chi connectivity index (χ4v) is 3.70. The van der Waals surface area contributed by atoms with Crippen LogP contribution >= 0.6 is 27.7 Å². The second kappa shape index (κ2) is 9.14. The molecule has 0 heterocycles. The highest BCUT2D eigenvalue weighted by Gasteiger charge is 2.10. The van der Waals surface area contributed by atoms with Crippen molar-refractivity contribution < 1.29 is 9.53 Å². The number of para-hydroxylation sites is 1. The van der Waals surface area contributed by atoms with E-state index < -0.39 is 0 Å². The highest BCUT2D eigenvalue weighted by Crippen LogP contribution is 2.27. The number of rotatable bonds is 7. The SMILES string of the molecule is CCc1cccc(C)c1NC(=O)CSCc1cc(Br)ccc1OC. The van der Waals surface area contributed by atoms with Crippen molar-refractivity contribution >= 4 is 39.3 Å². The molecule has 0 saturated carbocycles. The summed E-state index contributed by atoms with van der Waals surface area (Å²) in [5, 5.41) is 3.06. The summed E-state index contributed by atoms with van der Waals surface area (Å²) < 4.78 is 6.37. The van der Waals surface area contributed by atoms with Crippen LogP contribution in [0.1, 0.15) is 23.6 Å². The first-order valence-corrected chi connectivity index (χ1v) is 9.78. The van der Waals surface area contributed by atoms with Gasteiger partial charge in [0.25, 0.3) is 0 Å². The minimum absolute atomic E-state index is 0.0259. The number of anilines is 1. The molecule has 0 unspecified atom stereocenters. The lowest BCUT2D eigenvalue weighted by Crippen LogP contribution is -2.16. The summed E-state index contributed by atoms with van der Waals surface area (Å²) in [6.45, 7) is 4.12. The Morgan fingerprint density at radius 3 is 2.75 bits per heavy atom. The molecule has 0 aliphatic rings. The lowest BCUT2D eigenvalue weighted by molar-refractivity contribution is -0.113. The predicted octanol–water partition coefficient (Wildman–Crippen LogP) is 5.20. The molecule has 0 saturated heterocycles. The van der Waals surface area contributed by atoms with E-state index in [1.807, 2.05) is 37.3 Å². The zero-order chi connectivity index (χ0) is 17.5. The first-order valence-electron chi connectivity index (χ1n) is 7.83. The number of hydrogen-bond donors (Lipinski definition) is 1. The quantitative estimate of drug-likeness (QED) is 0.684. The van der Waals surface area contributed by atoms with Crippen molar-refractivity contribution in [2.24, 2.45) is 0 Å². The molecule has 1 amide bonds. The number of benzene rings is 2. The fourth-order valence-electron chi connectivity index (χ4n) is 2.49. The van der Waals surface area contributed by atoms with E-state index in [1.165, 1.54) is 5.56 Å². The third-order valence-corrected chi connectivity index (χ3v) is 5.21. The average molecular weight is 408 g/mol. The van der Waals surface area contributed by atoms with Gasteiger partial charge in [0.05, 0.1) is 12.9 Å². The monoisotopic (exact) mass is 407 g/mol. The molecule has 0 aliphatic carbocycles. The van der Waals surface area contributed by atoms with Gasteiger partial charge in [-0.2, -0.15) is 0 Å². The fraction of sp³-hybridized carbons (Fsp3) is 0.316. The molecule has 1 N–H and O–H groups in total. The molecule has 0 radical (unpaired) electrons. The van der Waals surface area contributed by atoms with E-state index in [9.17, 15) is 4.79 Å². The number of nitrogens with one attached hydrogen (secondary N) is 1. The number of carbonyl (C=O) groups is 1. The number of halogens is 1. The molecule has 0 atom stereocenters. The van der Waals surface area contributed by atoms with Crippen molar-refractivity contribution in [3.05, 3.63) is 57.6 Å². The van der Waals surface area contributed by atoms with Crippen molar-refractivity contribution in [3.63, 3.8) is 0 Å². The predicted molar refractivity (Wildman–Crippen MR) is 106 cm³/mol. The third-order valence-electron chi connectivity index (χ3n) is 3.74. The number of aryl methyl sites for hydroxylation is 2. The van der Waals surface area contributed by atoms with Gasteiger partial charge in [0, 0.05) is 21.5 Å². The van der Waals surface area contributed by atoms with E-state index in [1.54, 1.807) is 18.9 Å². The van der Waals surface area contributed by atoms with Gasteiger partial charge < -0.3 is 10.1 Å². The topological polar surface area (TPSA) is 38.3 Å². The van der Waals surface area contributed by atoms with E-state index in [0.29, 0.717) is 5.75 Å². The average Bonchev–Trinajstić information content (AvgIpc) is 2.57. The van der Waals surface area contributed by atoms with Gasteiger partial charge in [-0.1, -0.05) is 41.1 Å². The van der Waals surface area contributed by atoms with Gasteiger partial charge >= 0.3 is 0 Å². The van der Waals surface area contributed by atoms with Gasteiger partial charge in [0.2, 0.25) is 5.91 Å². The van der Waals surface area contributed by atoms with Crippen LogP contribution in [0.2, 0.25) is 0 Å². The molecule has 3 nitrogen and oxygen atoms in total. The maximum atomic E-state index is 12.3. The normalized spacial score (nSPS) is 10.5. The van der Waals surface area contributed by atoms with Crippen LogP contribution in [0.4, 0.5) is 5.69 Å². The van der Waals surface area contributed by atoms with E-state index in [-0.39, 0.29) is 5.91 Å². The molecule has 0 aromatic heterocycles. The van der Waals surface area contributed by atoms with Gasteiger partial charge in [-0.25, -0.2) is 0 Å². The molecule has 128 valence electrons. The molecule has 0 fully saturated rings. The number of ether oxygens (including phenoxy) is 1. The van der Waals surface area contributed by atoms with Crippen LogP contribution in [0.3, 0.4) is 0 Å². The zero-order valence-electron chi connectivity index (χ0n) is 14.2. The van der Waals surface area contributed by atoms with Crippen molar-refractivity contribution in [1.29, 1.82) is 0 Å². The van der Waals surface area contributed by atoms with E-state index in [2.05, 4.69) is 34.2 Å². The van der Waals surface area contributed by atoms with Crippen LogP contribution in [-0.4, -0.2) is 18.8 Å². The second-order valence-corrected chi connectivity index (χ2v) is 7.36. The Kier molecular flexibility index (Phi) is 7.18. The molecule has 0 aliphatic heterocycles. The second-order valence-electron chi connectivity index (χ2n) is 5.46. The Hall–Kier alpha value is -1.46. The van der Waals surface area contributed by atoms with E-state index in [4.69, 9.17) is 4.74 Å². The summed E-state index contributed by atoms with van der Waals surface area (Å²) in [7, 11) is 1.66. The van der Waals surface area contributed by atoms with Gasteiger partial charge in [0.15, 0.2) is 0 Å². The first-order chi connectivity index (χ1) is 11.5. The summed E-state index contributed by atoms with van der Waals surface area (Å²) in [4.78, 5) is 12.3. The number of amides is 1. The van der Waals surface area contributed by atoms with Crippen molar-refractivity contribution in [3.8, 4) is 5.75 Å². The van der Waals surface area contributed by atoms with Gasteiger partial charge in [-0.15, -0.1) is 11.8 Å². The van der Waals surface area contributed by atoms with Crippen molar-refractivity contribution in [2.75, 3.05) is 18.2 Å².